The molecule has 0 unspecified atom stereocenters. The molecule has 1 aromatic carbocycles. The minimum absolute atomic E-state index is 0.313. The van der Waals surface area contributed by atoms with Gasteiger partial charge in [-0.25, -0.2) is 0 Å². The molecule has 1 aliphatic heterocycles. The van der Waals surface area contributed by atoms with Crippen molar-refractivity contribution in [2.24, 2.45) is 0 Å². The zero-order valence-electron chi connectivity index (χ0n) is 17.1. The number of hydrogen-bond donors (Lipinski definition) is 0. The highest BCUT2D eigenvalue weighted by molar-refractivity contribution is 5.83. The minimum Gasteiger partial charge on any atom is -0.486 e. The highest BCUT2D eigenvalue weighted by Gasteiger charge is 2.35. The fourth-order valence-corrected chi connectivity index (χ4v) is 3.85. The van der Waals surface area contributed by atoms with Crippen LogP contribution in [0.1, 0.15) is 19.8 Å². The molecular formula is C20H21F3N6O2. The van der Waals surface area contributed by atoms with Gasteiger partial charge in [0.15, 0.2) is 17.4 Å². The number of hydrogen-bond acceptors (Lipinski definition) is 7. The van der Waals surface area contributed by atoms with Crippen molar-refractivity contribution in [2.75, 3.05) is 36.5 Å². The van der Waals surface area contributed by atoms with Gasteiger partial charge in [0.25, 0.3) is 0 Å². The topological polar surface area (TPSA) is 68.0 Å². The van der Waals surface area contributed by atoms with E-state index in [1.54, 1.807) is 10.6 Å². The Morgan fingerprint density at radius 1 is 1.26 bits per heavy atom. The zero-order valence-corrected chi connectivity index (χ0v) is 17.1. The average Bonchev–Trinajstić information content (AvgIpc) is 3.50. The number of rotatable bonds is 5. The summed E-state index contributed by atoms with van der Waals surface area (Å²) in [6.45, 7) is 4.11. The highest BCUT2D eigenvalue weighted by atomic mass is 19.4. The van der Waals surface area contributed by atoms with Crippen LogP contribution in [-0.4, -0.2) is 59.0 Å². The predicted molar refractivity (Wildman–Crippen MR) is 108 cm³/mol. The van der Waals surface area contributed by atoms with E-state index < -0.39 is 6.36 Å². The number of anilines is 2. The number of alkyl halides is 3. The number of benzene rings is 1. The number of likely N-dealkylation sites (N-methyl/N-ethyl adjacent to an activating group) is 1. The summed E-state index contributed by atoms with van der Waals surface area (Å²) in [5.74, 6) is 1.32. The quantitative estimate of drug-likeness (QED) is 0.609. The lowest BCUT2D eigenvalue weighted by Crippen LogP contribution is -2.35. The standard InChI is InChI=1S/C20H21F3N6O2/c1-3-28-9-10-30-16-15(28)18(27(2)13-7-8-13)26-29-17(24-25-19(16)29)12-5-4-6-14(11-12)31-20(21,22)23/h4-6,11,13H,3,7-10H2,1-2H3. The Morgan fingerprint density at radius 3 is 2.77 bits per heavy atom. The van der Waals surface area contributed by atoms with Crippen LogP contribution in [0.4, 0.5) is 24.7 Å². The molecule has 2 aromatic heterocycles. The van der Waals surface area contributed by atoms with Gasteiger partial charge in [-0.05, 0) is 31.9 Å². The van der Waals surface area contributed by atoms with Gasteiger partial charge in [0.05, 0.1) is 6.54 Å². The van der Waals surface area contributed by atoms with Crippen LogP contribution >= 0.6 is 0 Å². The molecule has 11 heteroatoms. The molecule has 1 fully saturated rings. The number of aromatic nitrogens is 4. The van der Waals surface area contributed by atoms with Crippen LogP contribution in [0.2, 0.25) is 0 Å². The molecule has 0 saturated heterocycles. The fourth-order valence-electron chi connectivity index (χ4n) is 3.85. The zero-order chi connectivity index (χ0) is 21.8. The lowest BCUT2D eigenvalue weighted by atomic mass is 10.2. The van der Waals surface area contributed by atoms with E-state index in [1.165, 1.54) is 18.2 Å². The van der Waals surface area contributed by atoms with Gasteiger partial charge in [-0.1, -0.05) is 12.1 Å². The fraction of sp³-hybridized carbons (Fsp3) is 0.450. The maximum absolute atomic E-state index is 12.7. The first-order valence-corrected chi connectivity index (χ1v) is 10.1. The van der Waals surface area contributed by atoms with Crippen molar-refractivity contribution in [3.63, 3.8) is 0 Å². The third-order valence-corrected chi connectivity index (χ3v) is 5.53. The van der Waals surface area contributed by atoms with Crippen LogP contribution in [0.3, 0.4) is 0 Å². The van der Waals surface area contributed by atoms with Crippen molar-refractivity contribution >= 4 is 17.2 Å². The first-order chi connectivity index (χ1) is 14.9. The summed E-state index contributed by atoms with van der Waals surface area (Å²) in [7, 11) is 2.00. The number of nitrogens with zero attached hydrogens (tertiary/aromatic N) is 6. The van der Waals surface area contributed by atoms with Crippen molar-refractivity contribution in [2.45, 2.75) is 32.2 Å². The summed E-state index contributed by atoms with van der Waals surface area (Å²) in [6.07, 6.45) is -2.60. The van der Waals surface area contributed by atoms with Crippen LogP contribution in [0.25, 0.3) is 17.0 Å². The van der Waals surface area contributed by atoms with Crippen molar-refractivity contribution in [3.05, 3.63) is 24.3 Å². The molecule has 1 aliphatic carbocycles. The van der Waals surface area contributed by atoms with Gasteiger partial charge < -0.3 is 19.3 Å². The van der Waals surface area contributed by atoms with Crippen molar-refractivity contribution in [1.82, 2.24) is 19.8 Å². The molecule has 31 heavy (non-hydrogen) atoms. The van der Waals surface area contributed by atoms with Gasteiger partial charge in [0.2, 0.25) is 5.65 Å². The monoisotopic (exact) mass is 434 g/mol. The third-order valence-electron chi connectivity index (χ3n) is 5.53. The number of halogens is 3. The summed E-state index contributed by atoms with van der Waals surface area (Å²) in [5, 5.41) is 13.3. The predicted octanol–water partition coefficient (Wildman–Crippen LogP) is 3.51. The number of ether oxygens (including phenoxy) is 2. The van der Waals surface area contributed by atoms with Gasteiger partial charge in [-0.3, -0.25) is 0 Å². The highest BCUT2D eigenvalue weighted by Crippen LogP contribution is 2.44. The van der Waals surface area contributed by atoms with E-state index in [2.05, 4.69) is 31.7 Å². The van der Waals surface area contributed by atoms with Crippen molar-refractivity contribution < 1.29 is 22.6 Å². The maximum Gasteiger partial charge on any atom is 0.573 e. The summed E-state index contributed by atoms with van der Waals surface area (Å²) < 4.78 is 49.6. The Morgan fingerprint density at radius 2 is 2.06 bits per heavy atom. The first kappa shape index (κ1) is 19.7. The Bertz CT molecular complexity index is 1130. The second kappa shape index (κ2) is 7.17. The largest absolute Gasteiger partial charge is 0.573 e. The SMILES string of the molecule is CCN1CCOc2c1c(N(C)C1CC1)nn1c(-c3cccc(OC(F)(F)F)c3)nnc21. The van der Waals surface area contributed by atoms with Gasteiger partial charge in [-0.15, -0.1) is 28.5 Å². The molecule has 2 aliphatic rings. The summed E-state index contributed by atoms with van der Waals surface area (Å²) in [4.78, 5) is 4.33. The molecule has 1 saturated carbocycles. The van der Waals surface area contributed by atoms with Crippen LogP contribution in [0, 0.1) is 0 Å². The van der Waals surface area contributed by atoms with E-state index in [9.17, 15) is 13.2 Å². The Balaban J connectivity index is 1.67. The van der Waals surface area contributed by atoms with E-state index in [1.807, 2.05) is 7.05 Å². The molecule has 0 bridgehead atoms. The molecule has 3 heterocycles. The minimum atomic E-state index is -4.78. The molecule has 0 spiro atoms. The maximum atomic E-state index is 12.7. The molecule has 8 nitrogen and oxygen atoms in total. The van der Waals surface area contributed by atoms with Crippen LogP contribution in [0.15, 0.2) is 24.3 Å². The summed E-state index contributed by atoms with van der Waals surface area (Å²) >= 11 is 0. The van der Waals surface area contributed by atoms with E-state index in [0.29, 0.717) is 35.4 Å². The van der Waals surface area contributed by atoms with E-state index in [-0.39, 0.29) is 5.75 Å². The van der Waals surface area contributed by atoms with Crippen molar-refractivity contribution in [1.29, 1.82) is 0 Å². The average molecular weight is 434 g/mol. The number of fused-ring (bicyclic) bond motifs is 3. The van der Waals surface area contributed by atoms with Crippen molar-refractivity contribution in [3.8, 4) is 22.9 Å². The third kappa shape index (κ3) is 3.57. The van der Waals surface area contributed by atoms with Crippen LogP contribution in [0.5, 0.6) is 11.5 Å². The Labute approximate surface area is 176 Å². The van der Waals surface area contributed by atoms with Gasteiger partial charge in [0, 0.05) is 25.2 Å². The lowest BCUT2D eigenvalue weighted by Gasteiger charge is -2.33. The smallest absolute Gasteiger partial charge is 0.486 e. The Kier molecular flexibility index (Phi) is 4.56. The normalized spacial score (nSPS) is 16.2. The van der Waals surface area contributed by atoms with E-state index in [4.69, 9.17) is 9.84 Å². The van der Waals surface area contributed by atoms with Crippen LogP contribution < -0.4 is 19.3 Å². The van der Waals surface area contributed by atoms with Gasteiger partial charge >= 0.3 is 6.36 Å². The molecule has 0 amide bonds. The summed E-state index contributed by atoms with van der Waals surface area (Å²) in [5.41, 5.74) is 1.71. The molecule has 5 rings (SSSR count). The second-order valence-electron chi connectivity index (χ2n) is 7.61. The van der Waals surface area contributed by atoms with Crippen LogP contribution in [-0.2, 0) is 0 Å². The van der Waals surface area contributed by atoms with Gasteiger partial charge in [0.1, 0.15) is 18.0 Å². The first-order valence-electron chi connectivity index (χ1n) is 10.1. The Hall–Kier alpha value is -3.24. The molecular weight excluding hydrogens is 413 g/mol. The lowest BCUT2D eigenvalue weighted by molar-refractivity contribution is -0.274. The molecule has 164 valence electrons. The van der Waals surface area contributed by atoms with E-state index in [0.717, 1.165) is 37.4 Å². The van der Waals surface area contributed by atoms with E-state index >= 15 is 0 Å². The second-order valence-corrected chi connectivity index (χ2v) is 7.61. The molecule has 3 aromatic rings. The molecule has 0 N–H and O–H groups in total. The summed E-state index contributed by atoms with van der Waals surface area (Å²) in [6, 6.07) is 6.03. The molecule has 0 radical (unpaired) electrons. The molecule has 0 atom stereocenters. The van der Waals surface area contributed by atoms with Gasteiger partial charge in [-0.2, -0.15) is 4.52 Å².